The van der Waals surface area contributed by atoms with E-state index < -0.39 is 0 Å². The molecular weight excluding hydrogens is 196 g/mol. The van der Waals surface area contributed by atoms with Crippen molar-refractivity contribution < 1.29 is 4.79 Å². The van der Waals surface area contributed by atoms with E-state index in [1.54, 1.807) is 0 Å². The van der Waals surface area contributed by atoms with E-state index in [1.165, 1.54) is 12.2 Å². The van der Waals surface area contributed by atoms with E-state index in [0.717, 1.165) is 25.3 Å². The van der Waals surface area contributed by atoms with Gasteiger partial charge in [-0.3, -0.25) is 4.79 Å². The zero-order valence-electron chi connectivity index (χ0n) is 8.66. The zero-order chi connectivity index (χ0) is 9.97. The van der Waals surface area contributed by atoms with Crippen molar-refractivity contribution in [3.8, 4) is 0 Å². The van der Waals surface area contributed by atoms with Crippen molar-refractivity contribution in [3.63, 3.8) is 0 Å². The maximum atomic E-state index is 12.0. The van der Waals surface area contributed by atoms with Gasteiger partial charge in [-0.1, -0.05) is 0 Å². The second-order valence-electron chi connectivity index (χ2n) is 4.08. The van der Waals surface area contributed by atoms with Crippen LogP contribution in [-0.2, 0) is 4.79 Å². The molecule has 80 valence electrons. The number of hydrogen-bond donors (Lipinski definition) is 1. The second kappa shape index (κ2) is 4.53. The lowest BCUT2D eigenvalue weighted by Gasteiger charge is -2.28. The molecule has 2 aliphatic heterocycles. The van der Waals surface area contributed by atoms with Crippen LogP contribution in [0.25, 0.3) is 0 Å². The standard InChI is InChI=1S/C10H18N2OS/c1-8-10(13)12(5-2-4-11-8)9-3-6-14-7-9/h8-9,11H,2-7H2,1H3. The largest absolute Gasteiger partial charge is 0.337 e. The summed E-state index contributed by atoms with van der Waals surface area (Å²) in [4.78, 5) is 14.1. The average molecular weight is 214 g/mol. The van der Waals surface area contributed by atoms with E-state index in [4.69, 9.17) is 0 Å². The first kappa shape index (κ1) is 10.3. The molecule has 14 heavy (non-hydrogen) atoms. The van der Waals surface area contributed by atoms with Crippen LogP contribution in [0.1, 0.15) is 19.8 Å². The highest BCUT2D eigenvalue weighted by Crippen LogP contribution is 2.23. The van der Waals surface area contributed by atoms with Crippen LogP contribution in [0.2, 0.25) is 0 Å². The number of amides is 1. The lowest BCUT2D eigenvalue weighted by molar-refractivity contribution is -0.134. The van der Waals surface area contributed by atoms with Gasteiger partial charge >= 0.3 is 0 Å². The predicted octanol–water partition coefficient (Wildman–Crippen LogP) is 0.702. The zero-order valence-corrected chi connectivity index (χ0v) is 9.48. The summed E-state index contributed by atoms with van der Waals surface area (Å²) >= 11 is 1.97. The normalized spacial score (nSPS) is 34.6. The van der Waals surface area contributed by atoms with Crippen LogP contribution in [0, 0.1) is 0 Å². The quantitative estimate of drug-likeness (QED) is 0.697. The van der Waals surface area contributed by atoms with Crippen molar-refractivity contribution in [1.29, 1.82) is 0 Å². The fraction of sp³-hybridized carbons (Fsp3) is 0.900. The van der Waals surface area contributed by atoms with Gasteiger partial charge in [0.2, 0.25) is 5.91 Å². The van der Waals surface area contributed by atoms with Crippen LogP contribution in [0.15, 0.2) is 0 Å². The second-order valence-corrected chi connectivity index (χ2v) is 5.23. The molecule has 3 nitrogen and oxygen atoms in total. The Morgan fingerprint density at radius 2 is 2.43 bits per heavy atom. The molecule has 2 unspecified atom stereocenters. The number of nitrogens with zero attached hydrogens (tertiary/aromatic N) is 1. The summed E-state index contributed by atoms with van der Waals surface area (Å²) < 4.78 is 0. The van der Waals surface area contributed by atoms with Crippen molar-refractivity contribution >= 4 is 17.7 Å². The Labute approximate surface area is 89.6 Å². The highest BCUT2D eigenvalue weighted by molar-refractivity contribution is 7.99. The number of nitrogens with one attached hydrogen (secondary N) is 1. The number of thioether (sulfide) groups is 1. The number of carbonyl (C=O) groups is 1. The molecule has 0 saturated carbocycles. The first-order valence-corrected chi connectivity index (χ1v) is 6.56. The summed E-state index contributed by atoms with van der Waals surface area (Å²) in [5, 5.41) is 3.25. The van der Waals surface area contributed by atoms with E-state index in [2.05, 4.69) is 10.2 Å². The third-order valence-corrected chi connectivity index (χ3v) is 4.17. The minimum Gasteiger partial charge on any atom is -0.337 e. The van der Waals surface area contributed by atoms with Crippen LogP contribution >= 0.6 is 11.8 Å². The molecule has 2 fully saturated rings. The van der Waals surface area contributed by atoms with Crippen molar-refractivity contribution in [2.24, 2.45) is 0 Å². The Bertz CT molecular complexity index is 216. The topological polar surface area (TPSA) is 32.3 Å². The Balaban J connectivity index is 2.03. The SMILES string of the molecule is CC1NCCCN(C2CCSC2)C1=O. The molecule has 0 aromatic heterocycles. The maximum absolute atomic E-state index is 12.0. The summed E-state index contributed by atoms with van der Waals surface area (Å²) in [6.07, 6.45) is 2.28. The molecule has 2 heterocycles. The van der Waals surface area contributed by atoms with Gasteiger partial charge in [0, 0.05) is 18.3 Å². The van der Waals surface area contributed by atoms with Gasteiger partial charge in [0.05, 0.1) is 6.04 Å². The number of rotatable bonds is 1. The summed E-state index contributed by atoms with van der Waals surface area (Å²) in [5.41, 5.74) is 0. The molecule has 1 N–H and O–H groups in total. The minimum absolute atomic E-state index is 0.0168. The number of carbonyl (C=O) groups excluding carboxylic acids is 1. The summed E-state index contributed by atoms with van der Waals surface area (Å²) in [5.74, 6) is 2.66. The molecule has 1 amide bonds. The fourth-order valence-electron chi connectivity index (χ4n) is 2.14. The van der Waals surface area contributed by atoms with Crippen LogP contribution < -0.4 is 5.32 Å². The van der Waals surface area contributed by atoms with Crippen molar-refractivity contribution in [2.75, 3.05) is 24.6 Å². The highest BCUT2D eigenvalue weighted by atomic mass is 32.2. The van der Waals surface area contributed by atoms with Gasteiger partial charge in [0.15, 0.2) is 0 Å². The van der Waals surface area contributed by atoms with Crippen LogP contribution in [0.4, 0.5) is 0 Å². The van der Waals surface area contributed by atoms with Gasteiger partial charge in [-0.2, -0.15) is 11.8 Å². The molecular formula is C10H18N2OS. The third-order valence-electron chi connectivity index (χ3n) is 3.03. The molecule has 2 rings (SSSR count). The summed E-state index contributed by atoms with van der Waals surface area (Å²) in [7, 11) is 0. The van der Waals surface area contributed by atoms with Gasteiger partial charge < -0.3 is 10.2 Å². The molecule has 0 radical (unpaired) electrons. The lowest BCUT2D eigenvalue weighted by Crippen LogP contribution is -2.46. The Morgan fingerprint density at radius 3 is 3.14 bits per heavy atom. The van der Waals surface area contributed by atoms with E-state index in [-0.39, 0.29) is 6.04 Å². The Morgan fingerprint density at radius 1 is 1.57 bits per heavy atom. The van der Waals surface area contributed by atoms with Crippen molar-refractivity contribution in [3.05, 3.63) is 0 Å². The molecule has 2 atom stereocenters. The van der Waals surface area contributed by atoms with E-state index in [1.807, 2.05) is 18.7 Å². The van der Waals surface area contributed by atoms with Gasteiger partial charge in [0.25, 0.3) is 0 Å². The average Bonchev–Trinajstić information content (AvgIpc) is 2.64. The van der Waals surface area contributed by atoms with E-state index in [0.29, 0.717) is 11.9 Å². The Hall–Kier alpha value is -0.220. The number of hydrogen-bond acceptors (Lipinski definition) is 3. The highest BCUT2D eigenvalue weighted by Gasteiger charge is 2.30. The molecule has 2 aliphatic rings. The molecule has 0 aliphatic carbocycles. The molecule has 0 aromatic carbocycles. The molecule has 0 aromatic rings. The van der Waals surface area contributed by atoms with Gasteiger partial charge in [-0.05, 0) is 32.1 Å². The van der Waals surface area contributed by atoms with Crippen molar-refractivity contribution in [2.45, 2.75) is 31.8 Å². The van der Waals surface area contributed by atoms with Crippen LogP contribution in [-0.4, -0.2) is 47.5 Å². The summed E-state index contributed by atoms with van der Waals surface area (Å²) in [6, 6.07) is 0.526. The monoisotopic (exact) mass is 214 g/mol. The molecule has 4 heteroatoms. The van der Waals surface area contributed by atoms with Crippen LogP contribution in [0.3, 0.4) is 0 Å². The molecule has 2 saturated heterocycles. The smallest absolute Gasteiger partial charge is 0.239 e. The lowest BCUT2D eigenvalue weighted by atomic mass is 10.2. The molecule has 0 bridgehead atoms. The van der Waals surface area contributed by atoms with Gasteiger partial charge in [-0.25, -0.2) is 0 Å². The van der Waals surface area contributed by atoms with Gasteiger partial charge in [-0.15, -0.1) is 0 Å². The minimum atomic E-state index is 0.0168. The first-order chi connectivity index (χ1) is 6.79. The molecule has 0 spiro atoms. The third kappa shape index (κ3) is 2.06. The van der Waals surface area contributed by atoms with E-state index >= 15 is 0 Å². The fourth-order valence-corrected chi connectivity index (χ4v) is 3.37. The van der Waals surface area contributed by atoms with Gasteiger partial charge in [0.1, 0.15) is 0 Å². The van der Waals surface area contributed by atoms with E-state index in [9.17, 15) is 4.79 Å². The summed E-state index contributed by atoms with van der Waals surface area (Å²) in [6.45, 7) is 3.90. The Kier molecular flexibility index (Phi) is 3.34. The predicted molar refractivity (Wildman–Crippen MR) is 59.5 cm³/mol. The van der Waals surface area contributed by atoms with Crippen molar-refractivity contribution in [1.82, 2.24) is 10.2 Å². The first-order valence-electron chi connectivity index (χ1n) is 5.40. The maximum Gasteiger partial charge on any atom is 0.239 e. The van der Waals surface area contributed by atoms with Crippen LogP contribution in [0.5, 0.6) is 0 Å².